The van der Waals surface area contributed by atoms with Gasteiger partial charge in [-0.05, 0) is 31.5 Å². The molecule has 19 heavy (non-hydrogen) atoms. The molecule has 2 nitrogen and oxygen atoms in total. The molecule has 0 saturated heterocycles. The van der Waals surface area contributed by atoms with Gasteiger partial charge in [0, 0.05) is 17.7 Å². The first-order valence-electron chi connectivity index (χ1n) is 5.97. The minimum absolute atomic E-state index is 0.0353. The second kappa shape index (κ2) is 7.72. The molecule has 0 bridgehead atoms. The van der Waals surface area contributed by atoms with E-state index >= 15 is 0 Å². The number of ether oxygens (including phenoxy) is 1. The molecular weight excluding hydrogens is 279 g/mol. The first-order chi connectivity index (χ1) is 8.92. The highest BCUT2D eigenvalue weighted by molar-refractivity contribution is 6.31. The Balaban J connectivity index is 2.36. The number of nitrogens with one attached hydrogen (secondary N) is 1. The summed E-state index contributed by atoms with van der Waals surface area (Å²) in [5.74, 6) is 0. The van der Waals surface area contributed by atoms with Crippen molar-refractivity contribution in [2.75, 3.05) is 20.3 Å². The van der Waals surface area contributed by atoms with Crippen LogP contribution in [0.15, 0.2) is 24.3 Å². The Morgan fingerprint density at radius 3 is 2.58 bits per heavy atom. The highest BCUT2D eigenvalue weighted by Crippen LogP contribution is 2.18. The predicted octanol–water partition coefficient (Wildman–Crippen LogP) is 3.44. The molecule has 1 atom stereocenters. The molecule has 0 heterocycles. The lowest BCUT2D eigenvalue weighted by Gasteiger charge is -2.17. The van der Waals surface area contributed by atoms with E-state index < -0.39 is 12.8 Å². The molecule has 6 heteroatoms. The number of benzene rings is 1. The average Bonchev–Trinajstić information content (AvgIpc) is 2.34. The normalized spacial score (nSPS) is 13.5. The Morgan fingerprint density at radius 2 is 2.00 bits per heavy atom. The quantitative estimate of drug-likeness (QED) is 0.778. The van der Waals surface area contributed by atoms with E-state index in [4.69, 9.17) is 11.6 Å². The third-order valence-corrected chi connectivity index (χ3v) is 3.08. The van der Waals surface area contributed by atoms with Gasteiger partial charge in [-0.15, -0.1) is 0 Å². The number of halogens is 4. The predicted molar refractivity (Wildman–Crippen MR) is 69.5 cm³/mol. The minimum atomic E-state index is -4.27. The number of likely N-dealkylation sites (N-methyl/N-ethyl adjacent to an activating group) is 1. The van der Waals surface area contributed by atoms with Gasteiger partial charge >= 0.3 is 6.18 Å². The van der Waals surface area contributed by atoms with E-state index in [2.05, 4.69) is 10.1 Å². The van der Waals surface area contributed by atoms with Crippen molar-refractivity contribution < 1.29 is 17.9 Å². The molecule has 1 unspecified atom stereocenters. The topological polar surface area (TPSA) is 21.3 Å². The summed E-state index contributed by atoms with van der Waals surface area (Å²) in [6.07, 6.45) is -3.11. The molecule has 0 aromatic heterocycles. The van der Waals surface area contributed by atoms with Crippen molar-refractivity contribution in [2.45, 2.75) is 25.1 Å². The molecule has 0 saturated carbocycles. The van der Waals surface area contributed by atoms with Gasteiger partial charge in [0.1, 0.15) is 6.61 Å². The first kappa shape index (κ1) is 16.3. The van der Waals surface area contributed by atoms with E-state index in [1.54, 1.807) is 13.1 Å². The molecule has 0 aliphatic carbocycles. The van der Waals surface area contributed by atoms with Crippen LogP contribution in [-0.4, -0.2) is 32.5 Å². The maximum absolute atomic E-state index is 11.9. The number of hydrogen-bond donors (Lipinski definition) is 1. The highest BCUT2D eigenvalue weighted by atomic mass is 35.5. The molecule has 108 valence electrons. The van der Waals surface area contributed by atoms with Crippen molar-refractivity contribution in [3.05, 3.63) is 34.9 Å². The fourth-order valence-corrected chi connectivity index (χ4v) is 1.90. The first-order valence-corrected chi connectivity index (χ1v) is 6.35. The molecule has 0 spiro atoms. The standard InChI is InChI=1S/C13H17ClF3NO/c1-18-11(6-7-19-9-13(15,16)17)8-10-4-2-3-5-12(10)14/h2-5,11,18H,6-9H2,1H3. The van der Waals surface area contributed by atoms with Gasteiger partial charge in [0.25, 0.3) is 0 Å². The zero-order valence-corrected chi connectivity index (χ0v) is 11.4. The molecule has 0 amide bonds. The molecule has 1 N–H and O–H groups in total. The highest BCUT2D eigenvalue weighted by Gasteiger charge is 2.27. The Labute approximate surface area is 115 Å². The molecule has 0 aliphatic heterocycles. The zero-order chi connectivity index (χ0) is 14.3. The number of rotatable bonds is 7. The molecule has 1 rings (SSSR count). The maximum Gasteiger partial charge on any atom is 0.411 e. The fraction of sp³-hybridized carbons (Fsp3) is 0.538. The summed E-state index contributed by atoms with van der Waals surface area (Å²) in [5, 5.41) is 3.72. The van der Waals surface area contributed by atoms with Crippen LogP contribution in [0.2, 0.25) is 5.02 Å². The Hall–Kier alpha value is -0.780. The third kappa shape index (κ3) is 6.80. The second-order valence-corrected chi connectivity index (χ2v) is 4.64. The van der Waals surface area contributed by atoms with Crippen molar-refractivity contribution in [3.8, 4) is 0 Å². The molecule has 1 aromatic rings. The molecule has 0 aliphatic rings. The summed E-state index contributed by atoms with van der Waals surface area (Å²) < 4.78 is 40.3. The van der Waals surface area contributed by atoms with Crippen LogP contribution in [0.5, 0.6) is 0 Å². The summed E-state index contributed by atoms with van der Waals surface area (Å²) in [7, 11) is 1.77. The van der Waals surface area contributed by atoms with Gasteiger partial charge in [-0.1, -0.05) is 29.8 Å². The molecule has 0 fully saturated rings. The van der Waals surface area contributed by atoms with Gasteiger partial charge in [-0.2, -0.15) is 13.2 Å². The van der Waals surface area contributed by atoms with E-state index in [9.17, 15) is 13.2 Å². The number of hydrogen-bond acceptors (Lipinski definition) is 2. The minimum Gasteiger partial charge on any atom is -0.372 e. The Kier molecular flexibility index (Phi) is 6.62. The van der Waals surface area contributed by atoms with Crippen LogP contribution in [-0.2, 0) is 11.2 Å². The lowest BCUT2D eigenvalue weighted by atomic mass is 10.0. The monoisotopic (exact) mass is 295 g/mol. The van der Waals surface area contributed by atoms with Gasteiger partial charge in [0.2, 0.25) is 0 Å². The summed E-state index contributed by atoms with van der Waals surface area (Å²) in [5.41, 5.74) is 0.972. The lowest BCUT2D eigenvalue weighted by molar-refractivity contribution is -0.174. The van der Waals surface area contributed by atoms with Crippen LogP contribution < -0.4 is 5.32 Å². The van der Waals surface area contributed by atoms with Crippen molar-refractivity contribution in [1.82, 2.24) is 5.32 Å². The number of alkyl halides is 3. The lowest BCUT2D eigenvalue weighted by Crippen LogP contribution is -2.30. The second-order valence-electron chi connectivity index (χ2n) is 4.24. The SMILES string of the molecule is CNC(CCOCC(F)(F)F)Cc1ccccc1Cl. The van der Waals surface area contributed by atoms with Crippen LogP contribution in [0.1, 0.15) is 12.0 Å². The molecule has 0 radical (unpaired) electrons. The van der Waals surface area contributed by atoms with Gasteiger partial charge in [-0.3, -0.25) is 0 Å². The molecular formula is C13H17ClF3NO. The summed E-state index contributed by atoms with van der Waals surface area (Å²) in [4.78, 5) is 0. The van der Waals surface area contributed by atoms with Crippen LogP contribution in [0.4, 0.5) is 13.2 Å². The van der Waals surface area contributed by atoms with E-state index in [1.807, 2.05) is 18.2 Å². The van der Waals surface area contributed by atoms with Gasteiger partial charge in [-0.25, -0.2) is 0 Å². The van der Waals surface area contributed by atoms with Crippen LogP contribution >= 0.6 is 11.6 Å². The van der Waals surface area contributed by atoms with E-state index in [0.717, 1.165) is 5.56 Å². The Bertz CT molecular complexity index is 384. The van der Waals surface area contributed by atoms with Gasteiger partial charge in [0.15, 0.2) is 0 Å². The Morgan fingerprint density at radius 1 is 1.32 bits per heavy atom. The molecule has 1 aromatic carbocycles. The smallest absolute Gasteiger partial charge is 0.372 e. The zero-order valence-electron chi connectivity index (χ0n) is 10.6. The van der Waals surface area contributed by atoms with Crippen LogP contribution in [0.25, 0.3) is 0 Å². The van der Waals surface area contributed by atoms with Crippen molar-refractivity contribution in [1.29, 1.82) is 0 Å². The van der Waals surface area contributed by atoms with E-state index in [1.165, 1.54) is 0 Å². The fourth-order valence-electron chi connectivity index (χ4n) is 1.69. The van der Waals surface area contributed by atoms with Gasteiger partial charge in [0.05, 0.1) is 0 Å². The summed E-state index contributed by atoms with van der Waals surface area (Å²) >= 11 is 6.04. The van der Waals surface area contributed by atoms with Crippen molar-refractivity contribution in [2.24, 2.45) is 0 Å². The van der Waals surface area contributed by atoms with Gasteiger partial charge < -0.3 is 10.1 Å². The summed E-state index contributed by atoms with van der Waals surface area (Å²) in [6, 6.07) is 7.46. The summed E-state index contributed by atoms with van der Waals surface area (Å²) in [6.45, 7) is -1.13. The van der Waals surface area contributed by atoms with Crippen LogP contribution in [0, 0.1) is 0 Å². The van der Waals surface area contributed by atoms with E-state index in [-0.39, 0.29) is 12.6 Å². The van der Waals surface area contributed by atoms with Crippen LogP contribution in [0.3, 0.4) is 0 Å². The largest absolute Gasteiger partial charge is 0.411 e. The van der Waals surface area contributed by atoms with Crippen molar-refractivity contribution >= 4 is 11.6 Å². The maximum atomic E-state index is 11.9. The van der Waals surface area contributed by atoms with Crippen molar-refractivity contribution in [3.63, 3.8) is 0 Å². The average molecular weight is 296 g/mol. The van der Waals surface area contributed by atoms with E-state index in [0.29, 0.717) is 17.9 Å². The third-order valence-electron chi connectivity index (χ3n) is 2.71.